The number of nitrogens with one attached hydrogen (secondary N) is 4. The lowest BCUT2D eigenvalue weighted by atomic mass is 9.97. The van der Waals surface area contributed by atoms with Crippen LogP contribution in [0.25, 0.3) is 44.4 Å². The van der Waals surface area contributed by atoms with Crippen molar-refractivity contribution in [3.8, 4) is 33.6 Å². The van der Waals surface area contributed by atoms with Gasteiger partial charge in [0.2, 0.25) is 11.8 Å². The molecule has 2 saturated carbocycles. The van der Waals surface area contributed by atoms with Gasteiger partial charge in [-0.05, 0) is 95.4 Å². The maximum Gasteiger partial charge on any atom is 0.407 e. The van der Waals surface area contributed by atoms with Crippen LogP contribution in [-0.2, 0) is 19.1 Å². The van der Waals surface area contributed by atoms with Crippen molar-refractivity contribution in [1.82, 2.24) is 40.4 Å². The van der Waals surface area contributed by atoms with Gasteiger partial charge in [-0.1, -0.05) is 62.4 Å². The summed E-state index contributed by atoms with van der Waals surface area (Å²) in [6.45, 7) is 4.41. The number of methoxy groups -OCH3 is 2. The molecule has 4 heterocycles. The van der Waals surface area contributed by atoms with Gasteiger partial charge in [-0.25, -0.2) is 19.6 Å². The minimum atomic E-state index is -0.686. The minimum Gasteiger partial charge on any atom is -0.453 e. The smallest absolute Gasteiger partial charge is 0.407 e. The quantitative estimate of drug-likeness (QED) is 0.115. The normalized spacial score (nSPS) is 21.9. The number of benzene rings is 3. The van der Waals surface area contributed by atoms with Crippen molar-refractivity contribution in [3.05, 3.63) is 84.7 Å². The number of nitrogens with zero attached hydrogens (tertiary/aromatic N) is 4. The zero-order valence-corrected chi connectivity index (χ0v) is 33.8. The number of alkyl carbamates (subject to hydrolysis) is 2. The summed E-state index contributed by atoms with van der Waals surface area (Å²) in [5.74, 6) is 1.53. The van der Waals surface area contributed by atoms with Crippen LogP contribution in [-0.4, -0.2) is 93.1 Å². The van der Waals surface area contributed by atoms with Gasteiger partial charge >= 0.3 is 12.2 Å². The zero-order chi connectivity index (χ0) is 41.0. The van der Waals surface area contributed by atoms with Gasteiger partial charge < -0.3 is 39.9 Å². The maximum atomic E-state index is 13.9. The van der Waals surface area contributed by atoms with Crippen LogP contribution in [0.2, 0.25) is 0 Å². The summed E-state index contributed by atoms with van der Waals surface area (Å²) in [5, 5.41) is 7.49. The van der Waals surface area contributed by atoms with Crippen LogP contribution in [0.5, 0.6) is 0 Å². The Morgan fingerprint density at radius 2 is 1.44 bits per heavy atom. The summed E-state index contributed by atoms with van der Waals surface area (Å²) in [4.78, 5) is 71.2. The van der Waals surface area contributed by atoms with Crippen molar-refractivity contribution in [2.45, 2.75) is 76.5 Å². The fourth-order valence-corrected chi connectivity index (χ4v) is 9.68. The monoisotopic (exact) mass is 798 g/mol. The van der Waals surface area contributed by atoms with Crippen molar-refractivity contribution in [2.75, 3.05) is 27.3 Å². The third kappa shape index (κ3) is 7.29. The lowest BCUT2D eigenvalue weighted by Gasteiger charge is -2.34. The molecule has 2 aliphatic carbocycles. The van der Waals surface area contributed by atoms with Crippen LogP contribution in [0.3, 0.4) is 0 Å². The van der Waals surface area contributed by atoms with E-state index in [1.54, 1.807) is 0 Å². The van der Waals surface area contributed by atoms with E-state index in [2.05, 4.69) is 86.0 Å². The van der Waals surface area contributed by atoms with Crippen molar-refractivity contribution in [3.63, 3.8) is 0 Å². The molecule has 2 aliphatic heterocycles. The Kier molecular flexibility index (Phi) is 9.88. The topological polar surface area (TPSA) is 175 Å². The second-order valence-electron chi connectivity index (χ2n) is 17.1. The van der Waals surface area contributed by atoms with Crippen LogP contribution in [0, 0.1) is 17.3 Å². The van der Waals surface area contributed by atoms with Gasteiger partial charge in [-0.3, -0.25) is 9.59 Å². The molecule has 9 rings (SSSR count). The molecule has 2 saturated heterocycles. The average molecular weight is 799 g/mol. The lowest BCUT2D eigenvalue weighted by Crippen LogP contribution is -2.51. The molecule has 4 fully saturated rings. The van der Waals surface area contributed by atoms with Gasteiger partial charge in [0.1, 0.15) is 24.2 Å². The highest BCUT2D eigenvalue weighted by Crippen LogP contribution is 2.58. The largest absolute Gasteiger partial charge is 0.453 e. The van der Waals surface area contributed by atoms with Crippen molar-refractivity contribution in [1.29, 1.82) is 0 Å². The number of H-pyrrole nitrogens is 2. The molecule has 5 aromatic rings. The van der Waals surface area contributed by atoms with E-state index in [9.17, 15) is 19.2 Å². The maximum absolute atomic E-state index is 13.9. The predicted octanol–water partition coefficient (Wildman–Crippen LogP) is 7.13. The van der Waals surface area contributed by atoms with E-state index in [4.69, 9.17) is 14.7 Å². The molecular weight excluding hydrogens is 749 g/mol. The number of amides is 4. The van der Waals surface area contributed by atoms with E-state index in [0.717, 1.165) is 94.6 Å². The molecule has 2 bridgehead atoms. The fourth-order valence-electron chi connectivity index (χ4n) is 9.68. The Morgan fingerprint density at radius 3 is 2.14 bits per heavy atom. The molecule has 306 valence electrons. The molecule has 14 heteroatoms. The van der Waals surface area contributed by atoms with Crippen molar-refractivity contribution < 1.29 is 28.7 Å². The molecule has 0 radical (unpaired) electrons. The number of fused-ring (bicyclic) bond motifs is 3. The number of carbonyl (C=O) groups excluding carboxylic acids is 4. The molecule has 0 unspecified atom stereocenters. The average Bonchev–Trinajstić information content (AvgIpc) is 3.89. The second-order valence-corrected chi connectivity index (χ2v) is 17.1. The van der Waals surface area contributed by atoms with Gasteiger partial charge in [-0.15, -0.1) is 0 Å². The Hall–Kier alpha value is -6.18. The number of aromatic nitrogens is 4. The first-order valence-electron chi connectivity index (χ1n) is 20.6. The minimum absolute atomic E-state index is 0.103. The molecule has 4 amide bonds. The van der Waals surface area contributed by atoms with E-state index in [-0.39, 0.29) is 47.8 Å². The Morgan fingerprint density at radius 1 is 0.814 bits per heavy atom. The highest BCUT2D eigenvalue weighted by molar-refractivity contribution is 5.91. The molecule has 4 N–H and O–H groups in total. The predicted molar refractivity (Wildman–Crippen MR) is 221 cm³/mol. The number of piperidine rings is 1. The van der Waals surface area contributed by atoms with Gasteiger partial charge in [0.15, 0.2) is 0 Å². The molecule has 3 aromatic carbocycles. The highest BCUT2D eigenvalue weighted by Gasteiger charge is 2.55. The Labute approximate surface area is 342 Å². The summed E-state index contributed by atoms with van der Waals surface area (Å²) < 4.78 is 9.47. The first-order chi connectivity index (χ1) is 28.5. The number of likely N-dealkylation sites (tertiary alicyclic amines) is 2. The molecule has 5 atom stereocenters. The molecule has 4 aliphatic rings. The van der Waals surface area contributed by atoms with E-state index in [1.165, 1.54) is 14.2 Å². The molecule has 14 nitrogen and oxygen atoms in total. The van der Waals surface area contributed by atoms with E-state index in [0.29, 0.717) is 12.5 Å². The van der Waals surface area contributed by atoms with E-state index < -0.39 is 18.2 Å². The van der Waals surface area contributed by atoms with Gasteiger partial charge in [0.05, 0.1) is 50.1 Å². The van der Waals surface area contributed by atoms with Crippen LogP contribution < -0.4 is 10.6 Å². The highest BCUT2D eigenvalue weighted by atomic mass is 16.5. The lowest BCUT2D eigenvalue weighted by molar-refractivity contribution is -0.136. The summed E-state index contributed by atoms with van der Waals surface area (Å²) in [6.07, 6.45) is 8.43. The van der Waals surface area contributed by atoms with Gasteiger partial charge in [0, 0.05) is 18.2 Å². The number of ether oxygens (including phenoxy) is 2. The molecule has 59 heavy (non-hydrogen) atoms. The van der Waals surface area contributed by atoms with Crippen LogP contribution in [0.4, 0.5) is 9.59 Å². The Bertz CT molecular complexity index is 2420. The third-order valence-corrected chi connectivity index (χ3v) is 13.0. The number of imidazole rings is 2. The second kappa shape index (κ2) is 15.2. The zero-order valence-electron chi connectivity index (χ0n) is 33.8. The van der Waals surface area contributed by atoms with Crippen molar-refractivity contribution in [2.24, 2.45) is 17.3 Å². The molecule has 1 spiro atoms. The summed E-state index contributed by atoms with van der Waals surface area (Å²) >= 11 is 0. The summed E-state index contributed by atoms with van der Waals surface area (Å²) in [5.41, 5.74) is 6.09. The van der Waals surface area contributed by atoms with Crippen LogP contribution >= 0.6 is 0 Å². The third-order valence-electron chi connectivity index (χ3n) is 13.0. The number of carbonyl (C=O) groups is 4. The van der Waals surface area contributed by atoms with Gasteiger partial charge in [0.25, 0.3) is 0 Å². The number of rotatable bonds is 10. The SMILES string of the molecule is COC(=O)NCC(=O)N1[C@@H]2CC[C@@H](C2)[C@H]1c1ncc(-c2ccc(-c3ccc4cc(-c5cnc([C@@H]6CC7(CC7)CN6C(=O)[C@@H](NC(=O)OC)C(C)C)[nH]5)ccc4c3)cc2)[nH]1. The van der Waals surface area contributed by atoms with E-state index in [1.807, 2.05) is 36.0 Å². The summed E-state index contributed by atoms with van der Waals surface area (Å²) in [6, 6.07) is 20.4. The van der Waals surface area contributed by atoms with Crippen molar-refractivity contribution >= 4 is 34.8 Å². The van der Waals surface area contributed by atoms with Crippen LogP contribution in [0.1, 0.15) is 76.1 Å². The first-order valence-corrected chi connectivity index (χ1v) is 20.6. The standard InChI is InChI=1S/C45H50N8O6/c1-25(2)38(51-44(57)59-4)42(55)52-24-45(15-16-45)20-36(52)40-46-22-35(49-40)31-12-11-29-17-28(9-10-30(29)18-31)26-5-7-27(8-6-26)34-21-47-41(50-34)39-32-13-14-33(19-32)53(39)37(54)23-48-43(56)58-3/h5-12,17-18,21-22,25,32-33,36,38-39H,13-16,19-20,23-24H2,1-4H3,(H,46,49)(H,47,50)(H,48,56)(H,51,57)/t32-,33+,36-,38-,39-/m0/s1. The van der Waals surface area contributed by atoms with E-state index >= 15 is 0 Å². The van der Waals surface area contributed by atoms with Crippen LogP contribution in [0.15, 0.2) is 73.1 Å². The van der Waals surface area contributed by atoms with Gasteiger partial charge in [-0.2, -0.15) is 0 Å². The fraction of sp³-hybridized carbons (Fsp3) is 0.422. The molecule has 2 aromatic heterocycles. The first kappa shape index (κ1) is 38.3. The number of hydrogen-bond acceptors (Lipinski definition) is 8. The molecular formula is C45H50N8O6. The number of aromatic amines is 2. The Balaban J connectivity index is 0.888. The summed E-state index contributed by atoms with van der Waals surface area (Å²) in [7, 11) is 2.59. The number of hydrogen-bond donors (Lipinski definition) is 4.